The molecular formula is C16H13N5O2. The molecule has 0 bridgehead atoms. The van der Waals surface area contributed by atoms with Gasteiger partial charge in [0, 0.05) is 12.5 Å². The van der Waals surface area contributed by atoms with E-state index in [1.165, 1.54) is 6.33 Å². The summed E-state index contributed by atoms with van der Waals surface area (Å²) < 4.78 is 7.15. The minimum Gasteiger partial charge on any atom is -0.441 e. The maximum atomic E-state index is 12.3. The largest absolute Gasteiger partial charge is 0.441 e. The normalized spacial score (nSPS) is 11.2. The molecule has 0 unspecified atom stereocenters. The first-order valence-electron chi connectivity index (χ1n) is 7.14. The van der Waals surface area contributed by atoms with Crippen molar-refractivity contribution in [2.45, 2.75) is 13.5 Å². The van der Waals surface area contributed by atoms with Crippen LogP contribution < -0.4 is 5.32 Å². The zero-order valence-corrected chi connectivity index (χ0v) is 12.4. The predicted molar refractivity (Wildman–Crippen MR) is 82.9 cm³/mol. The maximum absolute atomic E-state index is 12.3. The summed E-state index contributed by atoms with van der Waals surface area (Å²) in [7, 11) is 0. The number of aryl methyl sites for hydroxylation is 1. The fourth-order valence-corrected chi connectivity index (χ4v) is 2.49. The fraction of sp³-hybridized carbons (Fsp3) is 0.125. The van der Waals surface area contributed by atoms with Crippen molar-refractivity contribution < 1.29 is 9.21 Å². The molecule has 0 aliphatic heterocycles. The highest BCUT2D eigenvalue weighted by atomic mass is 16.3. The SMILES string of the molecule is Cc1nc2ccc(C(=O)NCc3cccc4ncnn34)cc2o1. The van der Waals surface area contributed by atoms with Crippen LogP contribution in [0.1, 0.15) is 21.9 Å². The molecule has 0 saturated carbocycles. The van der Waals surface area contributed by atoms with Gasteiger partial charge in [-0.25, -0.2) is 14.5 Å². The van der Waals surface area contributed by atoms with Crippen molar-refractivity contribution in [3.05, 3.63) is 59.9 Å². The van der Waals surface area contributed by atoms with E-state index in [4.69, 9.17) is 4.42 Å². The highest BCUT2D eigenvalue weighted by Gasteiger charge is 2.10. The minimum absolute atomic E-state index is 0.182. The number of nitrogens with zero attached hydrogens (tertiary/aromatic N) is 4. The first-order chi connectivity index (χ1) is 11.2. The van der Waals surface area contributed by atoms with E-state index in [9.17, 15) is 4.79 Å². The van der Waals surface area contributed by atoms with E-state index in [-0.39, 0.29) is 5.91 Å². The summed E-state index contributed by atoms with van der Waals surface area (Å²) in [6, 6.07) is 10.8. The standard InChI is InChI=1S/C16H13N5O2/c1-10-20-13-6-5-11(7-14(13)23-10)16(22)17-8-12-3-2-4-15-18-9-19-21(12)15/h2-7,9H,8H2,1H3,(H,17,22). The second kappa shape index (κ2) is 5.20. The van der Waals surface area contributed by atoms with Crippen molar-refractivity contribution in [1.29, 1.82) is 0 Å². The molecule has 1 N–H and O–H groups in total. The third-order valence-corrected chi connectivity index (χ3v) is 3.57. The molecule has 0 fully saturated rings. The Bertz CT molecular complexity index is 1020. The van der Waals surface area contributed by atoms with E-state index < -0.39 is 0 Å². The summed E-state index contributed by atoms with van der Waals surface area (Å²) in [6.45, 7) is 2.13. The lowest BCUT2D eigenvalue weighted by Gasteiger charge is -2.06. The number of amides is 1. The Morgan fingerprint density at radius 2 is 2.22 bits per heavy atom. The number of oxazole rings is 1. The van der Waals surface area contributed by atoms with Gasteiger partial charge in [-0.15, -0.1) is 0 Å². The molecule has 3 aromatic heterocycles. The van der Waals surface area contributed by atoms with Crippen molar-refractivity contribution >= 4 is 22.7 Å². The third kappa shape index (κ3) is 2.42. The molecule has 0 saturated heterocycles. The number of aromatic nitrogens is 4. The van der Waals surface area contributed by atoms with E-state index in [1.54, 1.807) is 29.6 Å². The van der Waals surface area contributed by atoms with Crippen LogP contribution in [-0.4, -0.2) is 25.5 Å². The molecule has 4 aromatic rings. The molecule has 4 rings (SSSR count). The second-order valence-electron chi connectivity index (χ2n) is 5.15. The van der Waals surface area contributed by atoms with Crippen molar-refractivity contribution in [3.8, 4) is 0 Å². The average molecular weight is 307 g/mol. The Morgan fingerprint density at radius 1 is 1.30 bits per heavy atom. The van der Waals surface area contributed by atoms with Crippen molar-refractivity contribution in [2.75, 3.05) is 0 Å². The van der Waals surface area contributed by atoms with Crippen LogP contribution >= 0.6 is 0 Å². The highest BCUT2D eigenvalue weighted by Crippen LogP contribution is 2.17. The predicted octanol–water partition coefficient (Wildman–Crippen LogP) is 2.11. The van der Waals surface area contributed by atoms with Gasteiger partial charge in [-0.05, 0) is 30.3 Å². The van der Waals surface area contributed by atoms with Gasteiger partial charge in [0.15, 0.2) is 17.1 Å². The van der Waals surface area contributed by atoms with Crippen LogP contribution in [0, 0.1) is 6.92 Å². The van der Waals surface area contributed by atoms with Gasteiger partial charge in [0.25, 0.3) is 5.91 Å². The zero-order chi connectivity index (χ0) is 15.8. The van der Waals surface area contributed by atoms with Crippen LogP contribution in [0.3, 0.4) is 0 Å². The van der Waals surface area contributed by atoms with Gasteiger partial charge in [0.05, 0.1) is 12.2 Å². The van der Waals surface area contributed by atoms with Crippen LogP contribution in [0.4, 0.5) is 0 Å². The summed E-state index contributed by atoms with van der Waals surface area (Å²) in [5.74, 6) is 0.397. The van der Waals surface area contributed by atoms with E-state index in [2.05, 4.69) is 20.4 Å². The Balaban J connectivity index is 1.55. The molecule has 1 amide bonds. The Morgan fingerprint density at radius 3 is 3.13 bits per heavy atom. The summed E-state index contributed by atoms with van der Waals surface area (Å²) in [6.07, 6.45) is 1.49. The summed E-state index contributed by atoms with van der Waals surface area (Å²) >= 11 is 0. The highest BCUT2D eigenvalue weighted by molar-refractivity contribution is 5.96. The Labute approximate surface area is 131 Å². The molecular weight excluding hydrogens is 294 g/mol. The summed E-state index contributed by atoms with van der Waals surface area (Å²) in [4.78, 5) is 20.7. The number of nitrogens with one attached hydrogen (secondary N) is 1. The van der Waals surface area contributed by atoms with Gasteiger partial charge < -0.3 is 9.73 Å². The van der Waals surface area contributed by atoms with Gasteiger partial charge >= 0.3 is 0 Å². The molecule has 23 heavy (non-hydrogen) atoms. The van der Waals surface area contributed by atoms with Crippen LogP contribution in [0.5, 0.6) is 0 Å². The lowest BCUT2D eigenvalue weighted by atomic mass is 10.2. The quantitative estimate of drug-likeness (QED) is 0.626. The van der Waals surface area contributed by atoms with Crippen molar-refractivity contribution in [2.24, 2.45) is 0 Å². The van der Waals surface area contributed by atoms with E-state index >= 15 is 0 Å². The van der Waals surface area contributed by atoms with Crippen LogP contribution in [-0.2, 0) is 6.54 Å². The second-order valence-corrected chi connectivity index (χ2v) is 5.15. The number of hydrogen-bond donors (Lipinski definition) is 1. The van der Waals surface area contributed by atoms with Crippen molar-refractivity contribution in [1.82, 2.24) is 24.9 Å². The smallest absolute Gasteiger partial charge is 0.251 e. The first kappa shape index (κ1) is 13.4. The lowest BCUT2D eigenvalue weighted by molar-refractivity contribution is 0.0950. The number of carbonyl (C=O) groups excluding carboxylic acids is 1. The molecule has 0 aliphatic carbocycles. The Kier molecular flexibility index (Phi) is 3.04. The van der Waals surface area contributed by atoms with Crippen molar-refractivity contribution in [3.63, 3.8) is 0 Å². The topological polar surface area (TPSA) is 85.3 Å². The van der Waals surface area contributed by atoms with E-state index in [1.807, 2.05) is 18.2 Å². The number of benzene rings is 1. The fourth-order valence-electron chi connectivity index (χ4n) is 2.49. The lowest BCUT2D eigenvalue weighted by Crippen LogP contribution is -2.24. The van der Waals surface area contributed by atoms with Crippen LogP contribution in [0.25, 0.3) is 16.7 Å². The van der Waals surface area contributed by atoms with Crippen LogP contribution in [0.2, 0.25) is 0 Å². The molecule has 0 radical (unpaired) electrons. The van der Waals surface area contributed by atoms with Crippen LogP contribution in [0.15, 0.2) is 47.1 Å². The average Bonchev–Trinajstić information content (AvgIpc) is 3.16. The van der Waals surface area contributed by atoms with E-state index in [0.29, 0.717) is 23.6 Å². The molecule has 114 valence electrons. The van der Waals surface area contributed by atoms with Gasteiger partial charge in [0.2, 0.25) is 0 Å². The number of hydrogen-bond acceptors (Lipinski definition) is 5. The molecule has 0 spiro atoms. The number of fused-ring (bicyclic) bond motifs is 2. The molecule has 7 heteroatoms. The minimum atomic E-state index is -0.182. The van der Waals surface area contributed by atoms with Gasteiger partial charge in [-0.2, -0.15) is 5.10 Å². The molecule has 1 aromatic carbocycles. The van der Waals surface area contributed by atoms with E-state index in [0.717, 1.165) is 16.9 Å². The number of pyridine rings is 1. The number of rotatable bonds is 3. The molecule has 0 aliphatic rings. The van der Waals surface area contributed by atoms with Gasteiger partial charge in [0.1, 0.15) is 11.8 Å². The molecule has 0 atom stereocenters. The molecule has 3 heterocycles. The molecule has 7 nitrogen and oxygen atoms in total. The third-order valence-electron chi connectivity index (χ3n) is 3.57. The zero-order valence-electron chi connectivity index (χ0n) is 12.4. The summed E-state index contributed by atoms with van der Waals surface area (Å²) in [5, 5.41) is 7.02. The monoisotopic (exact) mass is 307 g/mol. The number of carbonyl (C=O) groups is 1. The van der Waals surface area contributed by atoms with Gasteiger partial charge in [-0.1, -0.05) is 6.07 Å². The maximum Gasteiger partial charge on any atom is 0.251 e. The summed E-state index contributed by atoms with van der Waals surface area (Å²) in [5.41, 5.74) is 3.47. The Hall–Kier alpha value is -3.22. The van der Waals surface area contributed by atoms with Gasteiger partial charge in [-0.3, -0.25) is 4.79 Å². The first-order valence-corrected chi connectivity index (χ1v) is 7.14.